The van der Waals surface area contributed by atoms with Gasteiger partial charge in [0.15, 0.2) is 0 Å². The predicted molar refractivity (Wildman–Crippen MR) is 72.7 cm³/mol. The van der Waals surface area contributed by atoms with E-state index in [2.05, 4.69) is 15.6 Å². The fourth-order valence-electron chi connectivity index (χ4n) is 2.66. The second-order valence-corrected chi connectivity index (χ2v) is 5.10. The number of nitriles is 1. The molecule has 1 aromatic carbocycles. The number of aryl methyl sites for hydroxylation is 1. The van der Waals surface area contributed by atoms with Crippen LogP contribution in [0.1, 0.15) is 30.7 Å². The van der Waals surface area contributed by atoms with Crippen molar-refractivity contribution in [1.29, 1.82) is 5.26 Å². The van der Waals surface area contributed by atoms with Gasteiger partial charge in [0.25, 0.3) is 0 Å². The van der Waals surface area contributed by atoms with Crippen LogP contribution >= 0.6 is 0 Å². The van der Waals surface area contributed by atoms with E-state index in [1.807, 2.05) is 25.2 Å². The maximum Gasteiger partial charge on any atom is 0.112 e. The van der Waals surface area contributed by atoms with E-state index in [0.29, 0.717) is 11.7 Å². The first-order chi connectivity index (χ1) is 9.28. The van der Waals surface area contributed by atoms with E-state index >= 15 is 0 Å². The van der Waals surface area contributed by atoms with Crippen molar-refractivity contribution in [2.45, 2.75) is 31.8 Å². The van der Waals surface area contributed by atoms with Crippen LogP contribution in [0.15, 0.2) is 18.2 Å². The Kier molecular flexibility index (Phi) is 3.22. The van der Waals surface area contributed by atoms with Crippen molar-refractivity contribution in [2.24, 2.45) is 7.05 Å². The van der Waals surface area contributed by atoms with E-state index in [1.165, 1.54) is 12.8 Å². The lowest BCUT2D eigenvalue weighted by Crippen LogP contribution is -2.22. The van der Waals surface area contributed by atoms with Gasteiger partial charge in [-0.05, 0) is 37.5 Å². The Morgan fingerprint density at radius 2 is 2.37 bits per heavy atom. The third-order valence-corrected chi connectivity index (χ3v) is 3.79. The molecule has 3 rings (SSSR count). The van der Waals surface area contributed by atoms with Gasteiger partial charge in [-0.25, -0.2) is 4.98 Å². The second-order valence-electron chi connectivity index (χ2n) is 5.10. The summed E-state index contributed by atoms with van der Waals surface area (Å²) >= 11 is 0. The Morgan fingerprint density at radius 3 is 3.11 bits per heavy atom. The van der Waals surface area contributed by atoms with E-state index < -0.39 is 0 Å². The number of rotatable bonds is 2. The van der Waals surface area contributed by atoms with Crippen molar-refractivity contribution < 1.29 is 4.74 Å². The van der Waals surface area contributed by atoms with Crippen molar-refractivity contribution in [3.8, 4) is 6.07 Å². The molecule has 19 heavy (non-hydrogen) atoms. The normalized spacial score (nSPS) is 19.5. The molecule has 98 valence electrons. The van der Waals surface area contributed by atoms with Crippen molar-refractivity contribution in [3.63, 3.8) is 0 Å². The number of fused-ring (bicyclic) bond motifs is 1. The van der Waals surface area contributed by atoms with E-state index in [9.17, 15) is 0 Å². The summed E-state index contributed by atoms with van der Waals surface area (Å²) in [5, 5.41) is 8.96. The topological polar surface area (TPSA) is 50.8 Å². The molecular formula is C15H17N3O. The lowest BCUT2D eigenvalue weighted by Gasteiger charge is -2.22. The van der Waals surface area contributed by atoms with Gasteiger partial charge < -0.3 is 9.30 Å². The minimum absolute atomic E-state index is 0.291. The number of imidazole rings is 1. The number of hydrogen-bond donors (Lipinski definition) is 0. The molecule has 1 aliphatic heterocycles. The number of ether oxygens (including phenoxy) is 1. The lowest BCUT2D eigenvalue weighted by atomic mass is 10.1. The van der Waals surface area contributed by atoms with Gasteiger partial charge >= 0.3 is 0 Å². The first kappa shape index (κ1) is 12.2. The summed E-state index contributed by atoms with van der Waals surface area (Å²) in [6, 6.07) is 7.80. The second kappa shape index (κ2) is 5.02. The highest BCUT2D eigenvalue weighted by Gasteiger charge is 2.18. The molecule has 4 heteroatoms. The molecule has 4 nitrogen and oxygen atoms in total. The highest BCUT2D eigenvalue weighted by Crippen LogP contribution is 2.21. The van der Waals surface area contributed by atoms with Gasteiger partial charge in [-0.2, -0.15) is 5.26 Å². The number of nitrogens with zero attached hydrogens (tertiary/aromatic N) is 3. The molecule has 0 spiro atoms. The molecule has 0 bridgehead atoms. The van der Waals surface area contributed by atoms with Crippen LogP contribution in [0.4, 0.5) is 0 Å². The van der Waals surface area contributed by atoms with Crippen LogP contribution in [0, 0.1) is 11.3 Å². The third-order valence-electron chi connectivity index (χ3n) is 3.79. The van der Waals surface area contributed by atoms with E-state index in [0.717, 1.165) is 36.3 Å². The predicted octanol–water partition coefficient (Wildman–Crippen LogP) is 2.56. The minimum atomic E-state index is 0.291. The lowest BCUT2D eigenvalue weighted by molar-refractivity contribution is 0.0153. The monoisotopic (exact) mass is 255 g/mol. The maximum absolute atomic E-state index is 8.96. The van der Waals surface area contributed by atoms with Gasteiger partial charge in [-0.15, -0.1) is 0 Å². The maximum atomic E-state index is 8.96. The van der Waals surface area contributed by atoms with E-state index in [-0.39, 0.29) is 0 Å². The molecule has 1 aromatic heterocycles. The average Bonchev–Trinajstić information content (AvgIpc) is 2.76. The van der Waals surface area contributed by atoms with Gasteiger partial charge in [0.2, 0.25) is 0 Å². The third kappa shape index (κ3) is 2.34. The van der Waals surface area contributed by atoms with Crippen LogP contribution in [-0.2, 0) is 18.2 Å². The van der Waals surface area contributed by atoms with Crippen molar-refractivity contribution in [2.75, 3.05) is 6.61 Å². The van der Waals surface area contributed by atoms with Gasteiger partial charge in [0, 0.05) is 20.1 Å². The fourth-order valence-corrected chi connectivity index (χ4v) is 2.66. The van der Waals surface area contributed by atoms with Crippen molar-refractivity contribution in [1.82, 2.24) is 9.55 Å². The van der Waals surface area contributed by atoms with Gasteiger partial charge in [0.1, 0.15) is 5.82 Å². The summed E-state index contributed by atoms with van der Waals surface area (Å²) in [4.78, 5) is 4.66. The SMILES string of the molecule is Cn1c(CC2CCCCO2)nc2ccc(C#N)cc21. The van der Waals surface area contributed by atoms with Crippen molar-refractivity contribution >= 4 is 11.0 Å². The molecule has 0 amide bonds. The molecule has 1 unspecified atom stereocenters. The van der Waals surface area contributed by atoms with Gasteiger partial charge in [-0.3, -0.25) is 0 Å². The zero-order valence-electron chi connectivity index (χ0n) is 11.1. The van der Waals surface area contributed by atoms with Gasteiger partial charge in [0.05, 0.1) is 28.8 Å². The average molecular weight is 255 g/mol. The Bertz CT molecular complexity index is 633. The smallest absolute Gasteiger partial charge is 0.112 e. The quantitative estimate of drug-likeness (QED) is 0.828. The van der Waals surface area contributed by atoms with Crippen LogP contribution in [0.2, 0.25) is 0 Å². The first-order valence-corrected chi connectivity index (χ1v) is 6.75. The summed E-state index contributed by atoms with van der Waals surface area (Å²) in [6.07, 6.45) is 4.68. The molecule has 1 fully saturated rings. The Labute approximate surface area is 112 Å². The summed E-state index contributed by atoms with van der Waals surface area (Å²) in [5.41, 5.74) is 2.65. The Hall–Kier alpha value is -1.86. The molecule has 0 saturated carbocycles. The standard InChI is InChI=1S/C15H17N3O/c1-18-14-8-11(10-16)5-6-13(14)17-15(18)9-12-4-2-3-7-19-12/h5-6,8,12H,2-4,7,9H2,1H3. The number of benzene rings is 1. The molecule has 2 heterocycles. The molecule has 1 saturated heterocycles. The van der Waals surface area contributed by atoms with Crippen LogP contribution < -0.4 is 0 Å². The molecule has 1 aliphatic rings. The van der Waals surface area contributed by atoms with Crippen LogP contribution in [0.25, 0.3) is 11.0 Å². The summed E-state index contributed by atoms with van der Waals surface area (Å²) in [7, 11) is 2.01. The summed E-state index contributed by atoms with van der Waals surface area (Å²) in [5.74, 6) is 1.04. The zero-order chi connectivity index (χ0) is 13.2. The van der Waals surface area contributed by atoms with E-state index in [1.54, 1.807) is 0 Å². The first-order valence-electron chi connectivity index (χ1n) is 6.75. The highest BCUT2D eigenvalue weighted by atomic mass is 16.5. The number of hydrogen-bond acceptors (Lipinski definition) is 3. The molecule has 0 aliphatic carbocycles. The Balaban J connectivity index is 1.91. The minimum Gasteiger partial charge on any atom is -0.378 e. The largest absolute Gasteiger partial charge is 0.378 e. The summed E-state index contributed by atoms with van der Waals surface area (Å²) < 4.78 is 7.85. The molecule has 2 aromatic rings. The van der Waals surface area contributed by atoms with Crippen LogP contribution in [0.5, 0.6) is 0 Å². The van der Waals surface area contributed by atoms with Crippen LogP contribution in [-0.4, -0.2) is 22.3 Å². The molecule has 0 N–H and O–H groups in total. The highest BCUT2D eigenvalue weighted by molar-refractivity contribution is 5.77. The zero-order valence-corrected chi connectivity index (χ0v) is 11.1. The molecule has 1 atom stereocenters. The van der Waals surface area contributed by atoms with Crippen molar-refractivity contribution in [3.05, 3.63) is 29.6 Å². The Morgan fingerprint density at radius 1 is 1.47 bits per heavy atom. The molecular weight excluding hydrogens is 238 g/mol. The van der Waals surface area contributed by atoms with Crippen LogP contribution in [0.3, 0.4) is 0 Å². The fraction of sp³-hybridized carbons (Fsp3) is 0.467. The van der Waals surface area contributed by atoms with E-state index in [4.69, 9.17) is 10.00 Å². The summed E-state index contributed by atoms with van der Waals surface area (Å²) in [6.45, 7) is 0.868. The number of aromatic nitrogens is 2. The molecule has 0 radical (unpaired) electrons. The van der Waals surface area contributed by atoms with Gasteiger partial charge in [-0.1, -0.05) is 0 Å².